The molecule has 1 amide bonds. The number of halogens is 1. The van der Waals surface area contributed by atoms with Crippen molar-refractivity contribution in [3.05, 3.63) is 87.3 Å². The number of aryl methyl sites for hydroxylation is 3. The van der Waals surface area contributed by atoms with Crippen molar-refractivity contribution in [3.63, 3.8) is 0 Å². The number of anilines is 1. The largest absolute Gasteiger partial charge is 0.353 e. The Hall–Kier alpha value is -2.92. The van der Waals surface area contributed by atoms with Gasteiger partial charge in [-0.05, 0) is 50.6 Å². The second-order valence-corrected chi connectivity index (χ2v) is 8.55. The molecule has 1 aromatic heterocycles. The van der Waals surface area contributed by atoms with Crippen LogP contribution in [0.25, 0.3) is 0 Å². The third-order valence-electron chi connectivity index (χ3n) is 5.72. The quantitative estimate of drug-likeness (QED) is 0.601. The highest BCUT2D eigenvalue weighted by atomic mass is 35.5. The number of amides is 1. The molecule has 1 fully saturated rings. The van der Waals surface area contributed by atoms with Crippen LogP contribution in [-0.2, 0) is 6.42 Å². The molecule has 0 atom stereocenters. The highest BCUT2D eigenvalue weighted by molar-refractivity contribution is 6.30. The van der Waals surface area contributed by atoms with Crippen LogP contribution in [0.2, 0.25) is 5.02 Å². The minimum Gasteiger partial charge on any atom is -0.353 e. The molecule has 1 aliphatic heterocycles. The van der Waals surface area contributed by atoms with Crippen LogP contribution in [0.3, 0.4) is 0 Å². The van der Waals surface area contributed by atoms with E-state index in [0.29, 0.717) is 23.7 Å². The minimum atomic E-state index is 0.0475. The number of rotatable bonds is 4. The number of hydrogen-bond donors (Lipinski definition) is 0. The van der Waals surface area contributed by atoms with Crippen LogP contribution in [0.4, 0.5) is 5.82 Å². The van der Waals surface area contributed by atoms with E-state index in [9.17, 15) is 4.79 Å². The van der Waals surface area contributed by atoms with E-state index in [4.69, 9.17) is 16.6 Å². The zero-order valence-electron chi connectivity index (χ0n) is 18.2. The fraction of sp³-hybridized carbons (Fsp3) is 0.320. The third-order valence-corrected chi connectivity index (χ3v) is 5.98. The number of hydrogen-bond acceptors (Lipinski definition) is 4. The Balaban J connectivity index is 1.52. The molecule has 160 valence electrons. The molecule has 31 heavy (non-hydrogen) atoms. The molecule has 5 nitrogen and oxygen atoms in total. The number of carbonyl (C=O) groups excluding carboxylic acids is 1. The molecule has 6 heteroatoms. The molecule has 0 N–H and O–H groups in total. The zero-order chi connectivity index (χ0) is 22.0. The molecule has 0 unspecified atom stereocenters. The van der Waals surface area contributed by atoms with Crippen LogP contribution in [-0.4, -0.2) is 47.0 Å². The highest BCUT2D eigenvalue weighted by Gasteiger charge is 2.25. The Morgan fingerprint density at radius 1 is 0.968 bits per heavy atom. The fourth-order valence-electron chi connectivity index (χ4n) is 4.11. The summed E-state index contributed by atoms with van der Waals surface area (Å²) in [4.78, 5) is 26.5. The van der Waals surface area contributed by atoms with Crippen molar-refractivity contribution in [2.45, 2.75) is 27.2 Å². The molecule has 0 saturated carbocycles. The van der Waals surface area contributed by atoms with E-state index in [1.165, 1.54) is 11.1 Å². The Morgan fingerprint density at radius 3 is 2.35 bits per heavy atom. The predicted molar refractivity (Wildman–Crippen MR) is 125 cm³/mol. The predicted octanol–water partition coefficient (Wildman–Crippen LogP) is 4.61. The van der Waals surface area contributed by atoms with Crippen molar-refractivity contribution in [1.29, 1.82) is 0 Å². The molecule has 0 bridgehead atoms. The summed E-state index contributed by atoms with van der Waals surface area (Å²) in [5, 5.41) is 0.636. The van der Waals surface area contributed by atoms with Gasteiger partial charge in [0.1, 0.15) is 11.6 Å². The Bertz CT molecular complexity index is 1090. The van der Waals surface area contributed by atoms with Gasteiger partial charge in [-0.2, -0.15) is 0 Å². The Morgan fingerprint density at radius 2 is 1.68 bits per heavy atom. The van der Waals surface area contributed by atoms with Crippen molar-refractivity contribution < 1.29 is 4.79 Å². The van der Waals surface area contributed by atoms with Gasteiger partial charge in [0, 0.05) is 54.4 Å². The first-order valence-electron chi connectivity index (χ1n) is 10.6. The maximum Gasteiger partial charge on any atom is 0.253 e. The molecule has 1 saturated heterocycles. The van der Waals surface area contributed by atoms with E-state index in [0.717, 1.165) is 42.4 Å². The number of nitrogens with zero attached hydrogens (tertiary/aromatic N) is 4. The molecule has 3 aromatic rings. The van der Waals surface area contributed by atoms with Crippen molar-refractivity contribution in [3.8, 4) is 0 Å². The van der Waals surface area contributed by atoms with Crippen molar-refractivity contribution in [2.75, 3.05) is 31.1 Å². The lowest BCUT2D eigenvalue weighted by molar-refractivity contribution is 0.0746. The molecular formula is C25H27ClN4O. The lowest BCUT2D eigenvalue weighted by atomic mass is 10.0. The third kappa shape index (κ3) is 4.88. The Kier molecular flexibility index (Phi) is 6.23. The number of aromatic nitrogens is 2. The smallest absolute Gasteiger partial charge is 0.253 e. The second-order valence-electron chi connectivity index (χ2n) is 8.11. The van der Waals surface area contributed by atoms with E-state index < -0.39 is 0 Å². The molecular weight excluding hydrogens is 408 g/mol. The number of benzene rings is 2. The lowest BCUT2D eigenvalue weighted by Crippen LogP contribution is -2.49. The second kappa shape index (κ2) is 9.06. The van der Waals surface area contributed by atoms with Crippen LogP contribution in [0.5, 0.6) is 0 Å². The van der Waals surface area contributed by atoms with Gasteiger partial charge in [-0.1, -0.05) is 41.4 Å². The van der Waals surface area contributed by atoms with Gasteiger partial charge in [-0.3, -0.25) is 4.79 Å². The number of carbonyl (C=O) groups is 1. The molecule has 0 aliphatic carbocycles. The SMILES string of the molecule is Cc1cccc(Cc2c(C)nc(C)nc2N2CCN(C(=O)c3ccc(Cl)cc3)CC2)c1. The average molecular weight is 435 g/mol. The maximum atomic E-state index is 12.8. The topological polar surface area (TPSA) is 49.3 Å². The van der Waals surface area contributed by atoms with Gasteiger partial charge in [0.05, 0.1) is 0 Å². The van der Waals surface area contributed by atoms with Crippen LogP contribution < -0.4 is 4.90 Å². The molecule has 0 spiro atoms. The maximum absolute atomic E-state index is 12.8. The first kappa shape index (κ1) is 21.3. The van der Waals surface area contributed by atoms with Gasteiger partial charge in [0.25, 0.3) is 5.91 Å². The average Bonchev–Trinajstić information content (AvgIpc) is 2.76. The molecule has 2 aromatic carbocycles. The molecule has 0 radical (unpaired) electrons. The van der Waals surface area contributed by atoms with Crippen LogP contribution >= 0.6 is 11.6 Å². The summed E-state index contributed by atoms with van der Waals surface area (Å²) in [6.07, 6.45) is 0.799. The normalized spacial score (nSPS) is 14.1. The van der Waals surface area contributed by atoms with E-state index in [1.54, 1.807) is 24.3 Å². The van der Waals surface area contributed by atoms with Crippen LogP contribution in [0.1, 0.15) is 38.6 Å². The van der Waals surface area contributed by atoms with E-state index >= 15 is 0 Å². The Labute approximate surface area is 188 Å². The minimum absolute atomic E-state index is 0.0475. The summed E-state index contributed by atoms with van der Waals surface area (Å²) in [5.41, 5.74) is 5.36. The van der Waals surface area contributed by atoms with Crippen molar-refractivity contribution >= 4 is 23.3 Å². The van der Waals surface area contributed by atoms with Gasteiger partial charge in [-0.15, -0.1) is 0 Å². The molecule has 2 heterocycles. The molecule has 4 rings (SSSR count). The summed E-state index contributed by atoms with van der Waals surface area (Å²) in [5.74, 6) is 1.82. The standard InChI is InChI=1S/C25H27ClN4O/c1-17-5-4-6-20(15-17)16-23-18(2)27-19(3)28-24(23)29-11-13-30(14-12-29)25(31)21-7-9-22(26)10-8-21/h4-10,15H,11-14,16H2,1-3H3. The zero-order valence-corrected chi connectivity index (χ0v) is 19.0. The van der Waals surface area contributed by atoms with E-state index in [-0.39, 0.29) is 5.91 Å². The summed E-state index contributed by atoms with van der Waals surface area (Å²) >= 11 is 5.95. The first-order valence-corrected chi connectivity index (χ1v) is 11.0. The van der Waals surface area contributed by atoms with E-state index in [1.807, 2.05) is 11.8 Å². The van der Waals surface area contributed by atoms with Gasteiger partial charge in [0.15, 0.2) is 0 Å². The summed E-state index contributed by atoms with van der Waals surface area (Å²) in [7, 11) is 0. The number of piperazine rings is 1. The van der Waals surface area contributed by atoms with Gasteiger partial charge < -0.3 is 9.80 Å². The lowest BCUT2D eigenvalue weighted by Gasteiger charge is -2.36. The summed E-state index contributed by atoms with van der Waals surface area (Å²) < 4.78 is 0. The molecule has 1 aliphatic rings. The van der Waals surface area contributed by atoms with Gasteiger partial charge in [-0.25, -0.2) is 9.97 Å². The summed E-state index contributed by atoms with van der Waals surface area (Å²) in [6, 6.07) is 15.7. The highest BCUT2D eigenvalue weighted by Crippen LogP contribution is 2.26. The first-order chi connectivity index (χ1) is 14.9. The van der Waals surface area contributed by atoms with Gasteiger partial charge in [0.2, 0.25) is 0 Å². The fourth-order valence-corrected chi connectivity index (χ4v) is 4.23. The van der Waals surface area contributed by atoms with Crippen molar-refractivity contribution in [1.82, 2.24) is 14.9 Å². The summed E-state index contributed by atoms with van der Waals surface area (Å²) in [6.45, 7) is 8.92. The monoisotopic (exact) mass is 434 g/mol. The van der Waals surface area contributed by atoms with E-state index in [2.05, 4.69) is 48.0 Å². The van der Waals surface area contributed by atoms with Gasteiger partial charge >= 0.3 is 0 Å². The van der Waals surface area contributed by atoms with Crippen LogP contribution in [0, 0.1) is 20.8 Å². The van der Waals surface area contributed by atoms with Crippen molar-refractivity contribution in [2.24, 2.45) is 0 Å². The van der Waals surface area contributed by atoms with Crippen LogP contribution in [0.15, 0.2) is 48.5 Å².